The average Bonchev–Trinajstić information content (AvgIpc) is 2.10. The van der Waals surface area contributed by atoms with Gasteiger partial charge in [-0.05, 0) is 69.1 Å². The van der Waals surface area contributed by atoms with Crippen molar-refractivity contribution < 1.29 is 13.0 Å². The second kappa shape index (κ2) is 5.17. The summed E-state index contributed by atoms with van der Waals surface area (Å²) in [6.07, 6.45) is 0. The van der Waals surface area contributed by atoms with Crippen molar-refractivity contribution >= 4 is 67.1 Å². The SMILES string of the molecule is N#CSc1ccc(I)c(I)c1S(=O)(=O)O. The topological polar surface area (TPSA) is 78.2 Å². The average molecular weight is 467 g/mol. The van der Waals surface area contributed by atoms with Gasteiger partial charge < -0.3 is 0 Å². The number of hydrogen-bond donors (Lipinski definition) is 1. The van der Waals surface area contributed by atoms with Crippen molar-refractivity contribution in [1.82, 2.24) is 0 Å². The van der Waals surface area contributed by atoms with Gasteiger partial charge in [0.2, 0.25) is 0 Å². The predicted molar refractivity (Wildman–Crippen MR) is 73.2 cm³/mol. The van der Waals surface area contributed by atoms with Crippen LogP contribution in [0.3, 0.4) is 0 Å². The van der Waals surface area contributed by atoms with E-state index in [0.29, 0.717) is 18.9 Å². The molecule has 0 heterocycles. The molecule has 4 nitrogen and oxygen atoms in total. The monoisotopic (exact) mass is 467 g/mol. The van der Waals surface area contributed by atoms with Gasteiger partial charge in [-0.2, -0.15) is 13.7 Å². The molecule has 1 aromatic carbocycles. The maximum absolute atomic E-state index is 11.1. The highest BCUT2D eigenvalue weighted by atomic mass is 127. The van der Waals surface area contributed by atoms with Crippen molar-refractivity contribution in [3.05, 3.63) is 19.3 Å². The van der Waals surface area contributed by atoms with E-state index in [1.807, 2.05) is 45.2 Å². The maximum Gasteiger partial charge on any atom is 0.296 e. The number of benzene rings is 1. The van der Waals surface area contributed by atoms with Gasteiger partial charge in [-0.1, -0.05) is 0 Å². The van der Waals surface area contributed by atoms with Crippen LogP contribution >= 0.6 is 56.9 Å². The first-order valence-corrected chi connectivity index (χ1v) is 7.80. The fraction of sp³-hybridized carbons (Fsp3) is 0. The Morgan fingerprint density at radius 1 is 1.40 bits per heavy atom. The normalized spacial score (nSPS) is 11.1. The van der Waals surface area contributed by atoms with E-state index in [2.05, 4.69) is 0 Å². The van der Waals surface area contributed by atoms with Crippen LogP contribution in [0, 0.1) is 17.8 Å². The van der Waals surface area contributed by atoms with Crippen LogP contribution in [0.15, 0.2) is 21.9 Å². The molecular formula is C7H3I2NO3S2. The third-order valence-corrected chi connectivity index (χ3v) is 6.57. The van der Waals surface area contributed by atoms with Crippen LogP contribution in [-0.4, -0.2) is 13.0 Å². The Kier molecular flexibility index (Phi) is 4.65. The summed E-state index contributed by atoms with van der Waals surface area (Å²) in [6, 6.07) is 3.19. The van der Waals surface area contributed by atoms with Crippen LogP contribution in [0.1, 0.15) is 0 Å². The Labute approximate surface area is 118 Å². The van der Waals surface area contributed by atoms with Crippen LogP contribution < -0.4 is 0 Å². The largest absolute Gasteiger partial charge is 0.296 e. The van der Waals surface area contributed by atoms with E-state index in [-0.39, 0.29) is 9.79 Å². The first-order valence-electron chi connectivity index (χ1n) is 3.39. The van der Waals surface area contributed by atoms with Gasteiger partial charge in [0, 0.05) is 12.0 Å². The third kappa shape index (κ3) is 3.19. The van der Waals surface area contributed by atoms with Gasteiger partial charge in [0.1, 0.15) is 10.3 Å². The highest BCUT2D eigenvalue weighted by Crippen LogP contribution is 2.32. The van der Waals surface area contributed by atoms with Gasteiger partial charge in [-0.25, -0.2) is 0 Å². The van der Waals surface area contributed by atoms with E-state index in [1.165, 1.54) is 6.07 Å². The summed E-state index contributed by atoms with van der Waals surface area (Å²) in [7, 11) is -4.29. The Hall–Kier alpha value is 0.430. The fourth-order valence-electron chi connectivity index (χ4n) is 0.884. The minimum Gasteiger partial charge on any atom is -0.282 e. The van der Waals surface area contributed by atoms with Gasteiger partial charge in [0.15, 0.2) is 0 Å². The molecule has 1 rings (SSSR count). The number of hydrogen-bond acceptors (Lipinski definition) is 4. The molecular weight excluding hydrogens is 464 g/mol. The number of thiocyanates is 1. The van der Waals surface area contributed by atoms with Crippen molar-refractivity contribution in [2.45, 2.75) is 9.79 Å². The Balaban J connectivity index is 3.58. The minimum atomic E-state index is -4.29. The zero-order valence-electron chi connectivity index (χ0n) is 6.94. The zero-order valence-corrected chi connectivity index (χ0v) is 12.9. The molecule has 0 atom stereocenters. The highest BCUT2D eigenvalue weighted by molar-refractivity contribution is 14.1. The lowest BCUT2D eigenvalue weighted by atomic mass is 10.4. The molecule has 0 amide bonds. The standard InChI is InChI=1S/C7H3I2NO3S2/c8-4-1-2-5(14-3-10)7(6(4)9)15(11,12)13/h1-2H,(H,11,12,13). The number of nitriles is 1. The third-order valence-electron chi connectivity index (χ3n) is 1.43. The summed E-state index contributed by atoms with van der Waals surface area (Å²) in [5.41, 5.74) is 0. The molecule has 8 heteroatoms. The lowest BCUT2D eigenvalue weighted by Gasteiger charge is -2.06. The molecule has 1 N–H and O–H groups in total. The predicted octanol–water partition coefficient (Wildman–Crippen LogP) is 2.72. The van der Waals surface area contributed by atoms with E-state index >= 15 is 0 Å². The van der Waals surface area contributed by atoms with E-state index in [1.54, 1.807) is 11.5 Å². The molecule has 0 aromatic heterocycles. The van der Waals surface area contributed by atoms with E-state index in [9.17, 15) is 8.42 Å². The van der Waals surface area contributed by atoms with Crippen LogP contribution in [0.2, 0.25) is 0 Å². The molecule has 80 valence electrons. The maximum atomic E-state index is 11.1. The number of rotatable bonds is 2. The number of nitrogens with zero attached hydrogens (tertiary/aromatic N) is 1. The van der Waals surface area contributed by atoms with Crippen LogP contribution in [0.4, 0.5) is 0 Å². The van der Waals surface area contributed by atoms with Gasteiger partial charge in [-0.3, -0.25) is 4.55 Å². The van der Waals surface area contributed by atoms with Gasteiger partial charge in [0.25, 0.3) is 10.1 Å². The van der Waals surface area contributed by atoms with E-state index in [0.717, 1.165) is 0 Å². The summed E-state index contributed by atoms with van der Waals surface area (Å²) in [5, 5.41) is 10.3. The summed E-state index contributed by atoms with van der Waals surface area (Å²) in [6.45, 7) is 0. The highest BCUT2D eigenvalue weighted by Gasteiger charge is 2.21. The van der Waals surface area contributed by atoms with Crippen molar-refractivity contribution in [1.29, 1.82) is 5.26 Å². The molecule has 0 spiro atoms. The van der Waals surface area contributed by atoms with Crippen LogP contribution in [0.25, 0.3) is 0 Å². The summed E-state index contributed by atoms with van der Waals surface area (Å²) < 4.78 is 32.4. The van der Waals surface area contributed by atoms with Gasteiger partial charge >= 0.3 is 0 Å². The Morgan fingerprint density at radius 2 is 2.00 bits per heavy atom. The van der Waals surface area contributed by atoms with Crippen LogP contribution in [-0.2, 0) is 10.1 Å². The Morgan fingerprint density at radius 3 is 2.47 bits per heavy atom. The van der Waals surface area contributed by atoms with Crippen molar-refractivity contribution in [3.63, 3.8) is 0 Å². The summed E-state index contributed by atoms with van der Waals surface area (Å²) >= 11 is 4.50. The molecule has 0 aliphatic heterocycles. The Bertz CT molecular complexity index is 536. The second-order valence-electron chi connectivity index (χ2n) is 2.36. The molecule has 0 aliphatic rings. The fourth-order valence-corrected chi connectivity index (χ4v) is 4.53. The zero-order chi connectivity index (χ0) is 11.6. The molecule has 0 radical (unpaired) electrons. The van der Waals surface area contributed by atoms with Gasteiger partial charge in [0.05, 0.1) is 0 Å². The number of halogens is 2. The molecule has 1 aromatic rings. The molecule has 0 fully saturated rings. The lowest BCUT2D eigenvalue weighted by Crippen LogP contribution is -2.04. The number of thioether (sulfide) groups is 1. The van der Waals surface area contributed by atoms with Crippen molar-refractivity contribution in [2.24, 2.45) is 0 Å². The molecule has 0 aliphatic carbocycles. The molecule has 0 saturated carbocycles. The van der Waals surface area contributed by atoms with Crippen molar-refractivity contribution in [2.75, 3.05) is 0 Å². The van der Waals surface area contributed by atoms with E-state index in [4.69, 9.17) is 9.81 Å². The van der Waals surface area contributed by atoms with E-state index < -0.39 is 10.1 Å². The summed E-state index contributed by atoms with van der Waals surface area (Å²) in [5.74, 6) is 0. The molecule has 0 unspecified atom stereocenters. The molecule has 0 saturated heterocycles. The van der Waals surface area contributed by atoms with Crippen LogP contribution in [0.5, 0.6) is 0 Å². The molecule has 15 heavy (non-hydrogen) atoms. The molecule has 0 bridgehead atoms. The van der Waals surface area contributed by atoms with Gasteiger partial charge in [-0.15, -0.1) is 0 Å². The minimum absolute atomic E-state index is 0.193. The van der Waals surface area contributed by atoms with Crippen molar-refractivity contribution in [3.8, 4) is 5.40 Å². The lowest BCUT2D eigenvalue weighted by molar-refractivity contribution is 0.480. The second-order valence-corrected chi connectivity index (χ2v) is 6.78. The summed E-state index contributed by atoms with van der Waals surface area (Å²) in [4.78, 5) is 0.0476. The first-order chi connectivity index (χ1) is 6.88. The smallest absolute Gasteiger partial charge is 0.282 e. The quantitative estimate of drug-likeness (QED) is 0.314. The first kappa shape index (κ1) is 13.5.